The minimum Gasteiger partial charge on any atom is -0.316 e. The van der Waals surface area contributed by atoms with Gasteiger partial charge >= 0.3 is 0 Å². The van der Waals surface area contributed by atoms with Crippen LogP contribution in [-0.4, -0.2) is 42.9 Å². The number of thioether (sulfide) groups is 1. The molecule has 2 atom stereocenters. The third-order valence-corrected chi connectivity index (χ3v) is 6.13. The maximum atomic E-state index is 3.56. The van der Waals surface area contributed by atoms with Crippen molar-refractivity contribution in [1.29, 1.82) is 0 Å². The first-order valence-electron chi connectivity index (χ1n) is 8.40. The summed E-state index contributed by atoms with van der Waals surface area (Å²) in [5, 5.41) is 3.56. The number of hydrogen-bond acceptors (Lipinski definition) is 3. The minimum absolute atomic E-state index is 0.643. The molecule has 1 aromatic rings. The molecule has 2 nitrogen and oxygen atoms in total. The van der Waals surface area contributed by atoms with Crippen LogP contribution in [0.15, 0.2) is 29.2 Å². The number of piperidine rings is 1. The summed E-state index contributed by atoms with van der Waals surface area (Å²) >= 11 is 2.04. The molecule has 0 spiro atoms. The second kappa shape index (κ2) is 7.17. The predicted molar refractivity (Wildman–Crippen MR) is 92.2 cm³/mol. The molecule has 3 heteroatoms. The molecular weight excluding hydrogens is 276 g/mol. The highest BCUT2D eigenvalue weighted by Gasteiger charge is 2.27. The highest BCUT2D eigenvalue weighted by atomic mass is 32.2. The van der Waals surface area contributed by atoms with Gasteiger partial charge in [-0.3, -0.25) is 4.90 Å². The van der Waals surface area contributed by atoms with E-state index in [4.69, 9.17) is 0 Å². The van der Waals surface area contributed by atoms with E-state index in [1.54, 1.807) is 5.56 Å². The summed E-state index contributed by atoms with van der Waals surface area (Å²) in [5.74, 6) is 2.81. The molecule has 1 saturated heterocycles. The normalized spacial score (nSPS) is 25.5. The van der Waals surface area contributed by atoms with Crippen LogP contribution in [-0.2, 0) is 0 Å². The van der Waals surface area contributed by atoms with Crippen molar-refractivity contribution >= 4 is 11.8 Å². The summed E-state index contributed by atoms with van der Waals surface area (Å²) in [7, 11) is 0. The number of nitrogens with zero attached hydrogens (tertiary/aromatic N) is 1. The van der Waals surface area contributed by atoms with Gasteiger partial charge in [0.25, 0.3) is 0 Å². The first kappa shape index (κ1) is 15.4. The molecule has 0 radical (unpaired) electrons. The van der Waals surface area contributed by atoms with Crippen LogP contribution in [0, 0.1) is 5.92 Å². The first-order chi connectivity index (χ1) is 10.2. The first-order valence-corrected chi connectivity index (χ1v) is 9.39. The van der Waals surface area contributed by atoms with Gasteiger partial charge in [-0.1, -0.05) is 18.2 Å². The Morgan fingerprint density at radius 3 is 2.90 bits per heavy atom. The topological polar surface area (TPSA) is 15.3 Å². The summed E-state index contributed by atoms with van der Waals surface area (Å²) in [6, 6.07) is 9.63. The Labute approximate surface area is 133 Å². The van der Waals surface area contributed by atoms with Crippen molar-refractivity contribution in [1.82, 2.24) is 10.2 Å². The van der Waals surface area contributed by atoms with E-state index in [1.165, 1.54) is 49.7 Å². The van der Waals surface area contributed by atoms with E-state index in [-0.39, 0.29) is 0 Å². The van der Waals surface area contributed by atoms with Gasteiger partial charge in [-0.15, -0.1) is 11.8 Å². The van der Waals surface area contributed by atoms with Crippen LogP contribution >= 0.6 is 11.8 Å². The van der Waals surface area contributed by atoms with Crippen molar-refractivity contribution in [2.24, 2.45) is 5.92 Å². The number of fused-ring (bicyclic) bond motifs is 1. The molecule has 2 aliphatic rings. The highest BCUT2D eigenvalue weighted by molar-refractivity contribution is 7.99. The molecule has 1 N–H and O–H groups in total. The second-order valence-electron chi connectivity index (χ2n) is 6.81. The second-order valence-corrected chi connectivity index (χ2v) is 7.87. The molecule has 2 unspecified atom stereocenters. The largest absolute Gasteiger partial charge is 0.316 e. The molecule has 21 heavy (non-hydrogen) atoms. The maximum absolute atomic E-state index is 3.56. The number of benzene rings is 1. The van der Waals surface area contributed by atoms with Gasteiger partial charge in [0.2, 0.25) is 0 Å². The van der Waals surface area contributed by atoms with Gasteiger partial charge in [-0.25, -0.2) is 0 Å². The van der Waals surface area contributed by atoms with Gasteiger partial charge in [0.15, 0.2) is 0 Å². The van der Waals surface area contributed by atoms with E-state index in [1.807, 2.05) is 11.8 Å². The highest BCUT2D eigenvalue weighted by Crippen LogP contribution is 2.39. The van der Waals surface area contributed by atoms with E-state index in [2.05, 4.69) is 48.3 Å². The number of hydrogen-bond donors (Lipinski definition) is 1. The molecule has 1 fully saturated rings. The fraction of sp³-hybridized carbons (Fsp3) is 0.667. The quantitative estimate of drug-likeness (QED) is 0.895. The van der Waals surface area contributed by atoms with Gasteiger partial charge in [0, 0.05) is 35.7 Å². The van der Waals surface area contributed by atoms with Crippen LogP contribution in [0.3, 0.4) is 0 Å². The molecule has 3 rings (SSSR count). The lowest BCUT2D eigenvalue weighted by Gasteiger charge is -2.34. The Balaban J connectivity index is 1.63. The zero-order valence-electron chi connectivity index (χ0n) is 13.3. The van der Waals surface area contributed by atoms with E-state index < -0.39 is 0 Å². The molecule has 1 aromatic carbocycles. The van der Waals surface area contributed by atoms with Gasteiger partial charge in [-0.05, 0) is 57.3 Å². The molecule has 116 valence electrons. The van der Waals surface area contributed by atoms with Crippen molar-refractivity contribution < 1.29 is 0 Å². The average Bonchev–Trinajstić information content (AvgIpc) is 2.91. The summed E-state index contributed by atoms with van der Waals surface area (Å²) in [6.45, 7) is 9.60. The van der Waals surface area contributed by atoms with Gasteiger partial charge in [0.1, 0.15) is 0 Å². The molecule has 0 aromatic heterocycles. The Morgan fingerprint density at radius 1 is 1.29 bits per heavy atom. The number of nitrogens with one attached hydrogen (secondary N) is 1. The summed E-state index contributed by atoms with van der Waals surface area (Å²) in [4.78, 5) is 4.22. The number of rotatable bonds is 5. The third kappa shape index (κ3) is 3.82. The molecule has 0 amide bonds. The van der Waals surface area contributed by atoms with Crippen molar-refractivity contribution in [3.05, 3.63) is 29.8 Å². The fourth-order valence-electron chi connectivity index (χ4n) is 3.57. The zero-order valence-corrected chi connectivity index (χ0v) is 14.2. The molecule has 0 aliphatic carbocycles. The molecule has 0 bridgehead atoms. The Bertz CT molecular complexity index is 454. The van der Waals surface area contributed by atoms with E-state index in [0.29, 0.717) is 12.0 Å². The van der Waals surface area contributed by atoms with Crippen LogP contribution in [0.4, 0.5) is 0 Å². The lowest BCUT2D eigenvalue weighted by molar-refractivity contribution is 0.165. The van der Waals surface area contributed by atoms with Crippen LogP contribution in [0.25, 0.3) is 0 Å². The molecule has 2 heterocycles. The van der Waals surface area contributed by atoms with Gasteiger partial charge in [0.05, 0.1) is 0 Å². The van der Waals surface area contributed by atoms with Crippen molar-refractivity contribution in [2.45, 2.75) is 43.5 Å². The third-order valence-electron chi connectivity index (χ3n) is 4.88. The zero-order chi connectivity index (χ0) is 14.7. The molecule has 0 saturated carbocycles. The molecular formula is C18H28N2S. The van der Waals surface area contributed by atoms with Crippen molar-refractivity contribution in [3.8, 4) is 0 Å². The van der Waals surface area contributed by atoms with Crippen LogP contribution in [0.2, 0.25) is 0 Å². The van der Waals surface area contributed by atoms with Crippen molar-refractivity contribution in [2.75, 3.05) is 31.9 Å². The summed E-state index contributed by atoms with van der Waals surface area (Å²) < 4.78 is 0. The predicted octanol–water partition coefficient (Wildman–Crippen LogP) is 3.59. The standard InChI is InChI=1S/C18H28N2S/c1-14(2)20(11-15-6-5-9-19-10-15)12-16-13-21-18-8-4-3-7-17(16)18/h3-4,7-8,14-16,19H,5-6,9-13H2,1-2H3. The van der Waals surface area contributed by atoms with Gasteiger partial charge in [-0.2, -0.15) is 0 Å². The molecule has 2 aliphatic heterocycles. The van der Waals surface area contributed by atoms with Gasteiger partial charge < -0.3 is 5.32 Å². The Morgan fingerprint density at radius 2 is 2.14 bits per heavy atom. The van der Waals surface area contributed by atoms with Crippen LogP contribution in [0.5, 0.6) is 0 Å². The maximum Gasteiger partial charge on any atom is 0.0108 e. The fourth-order valence-corrected chi connectivity index (χ4v) is 4.81. The smallest absolute Gasteiger partial charge is 0.0108 e. The average molecular weight is 305 g/mol. The van der Waals surface area contributed by atoms with Crippen LogP contribution in [0.1, 0.15) is 38.2 Å². The minimum atomic E-state index is 0.643. The lowest BCUT2D eigenvalue weighted by Crippen LogP contribution is -2.42. The van der Waals surface area contributed by atoms with E-state index in [0.717, 1.165) is 5.92 Å². The summed E-state index contributed by atoms with van der Waals surface area (Å²) in [5.41, 5.74) is 1.58. The van der Waals surface area contributed by atoms with Crippen molar-refractivity contribution in [3.63, 3.8) is 0 Å². The van der Waals surface area contributed by atoms with Crippen LogP contribution < -0.4 is 5.32 Å². The monoisotopic (exact) mass is 304 g/mol. The SMILES string of the molecule is CC(C)N(CC1CCCNC1)CC1CSc2ccccc21. The Hall–Kier alpha value is -0.510. The summed E-state index contributed by atoms with van der Waals surface area (Å²) in [6.07, 6.45) is 2.74. The van der Waals surface area contributed by atoms with E-state index >= 15 is 0 Å². The lowest BCUT2D eigenvalue weighted by atomic mass is 9.96. The van der Waals surface area contributed by atoms with E-state index in [9.17, 15) is 0 Å². The Kier molecular flexibility index (Phi) is 5.25.